The van der Waals surface area contributed by atoms with Crippen LogP contribution >= 0.6 is 11.8 Å². The highest BCUT2D eigenvalue weighted by molar-refractivity contribution is 8.01. The summed E-state index contributed by atoms with van der Waals surface area (Å²) in [6.07, 6.45) is 0. The van der Waals surface area contributed by atoms with Gasteiger partial charge in [-0.2, -0.15) is 0 Å². The van der Waals surface area contributed by atoms with Crippen molar-refractivity contribution in [1.29, 1.82) is 0 Å². The molecule has 0 spiro atoms. The number of esters is 2. The van der Waals surface area contributed by atoms with E-state index in [9.17, 15) is 19.2 Å². The minimum absolute atomic E-state index is 0.223. The number of nitrogens with zero attached hydrogens (tertiary/aromatic N) is 1. The normalized spacial score (nSPS) is 23.6. The minimum Gasteiger partial charge on any atom is -0.484 e. The van der Waals surface area contributed by atoms with Gasteiger partial charge in [0.2, 0.25) is 12.7 Å². The number of hydrogen-bond donors (Lipinski definition) is 1. The van der Waals surface area contributed by atoms with Crippen LogP contribution in [-0.4, -0.2) is 64.3 Å². The van der Waals surface area contributed by atoms with Crippen molar-refractivity contribution in [3.8, 4) is 5.75 Å². The summed E-state index contributed by atoms with van der Waals surface area (Å²) in [5, 5.41) is 2.29. The molecule has 1 aromatic rings. The maximum Gasteiger partial charge on any atom is 0.333 e. The van der Waals surface area contributed by atoms with Crippen LogP contribution in [0.3, 0.4) is 0 Å². The number of amides is 2. The van der Waals surface area contributed by atoms with Crippen LogP contribution in [0, 0.1) is 5.41 Å². The van der Waals surface area contributed by atoms with E-state index in [1.54, 1.807) is 45.0 Å². The summed E-state index contributed by atoms with van der Waals surface area (Å²) in [6, 6.07) is 7.28. The van der Waals surface area contributed by atoms with Crippen LogP contribution in [0.5, 0.6) is 5.75 Å². The Kier molecular flexibility index (Phi) is 6.73. The van der Waals surface area contributed by atoms with Gasteiger partial charge < -0.3 is 24.4 Å². The van der Waals surface area contributed by atoms with Crippen LogP contribution in [0.25, 0.3) is 0 Å². The average Bonchev–Trinajstić information content (AvgIpc) is 2.98. The van der Waals surface area contributed by atoms with Crippen molar-refractivity contribution in [3.05, 3.63) is 30.3 Å². The smallest absolute Gasteiger partial charge is 0.333 e. The lowest BCUT2D eigenvalue weighted by atomic mass is 9.96. The molecule has 0 saturated carbocycles. The monoisotopic (exact) mass is 464 g/mol. The van der Waals surface area contributed by atoms with Gasteiger partial charge in [0.15, 0.2) is 6.61 Å². The molecule has 3 rings (SSSR count). The number of rotatable bonds is 7. The van der Waals surface area contributed by atoms with E-state index in [2.05, 4.69) is 5.32 Å². The van der Waals surface area contributed by atoms with Gasteiger partial charge in [0.25, 0.3) is 5.91 Å². The van der Waals surface area contributed by atoms with Gasteiger partial charge in [0, 0.05) is 4.75 Å². The van der Waals surface area contributed by atoms with Crippen molar-refractivity contribution in [2.75, 3.05) is 13.4 Å². The van der Waals surface area contributed by atoms with Crippen molar-refractivity contribution in [2.45, 2.75) is 56.8 Å². The second kappa shape index (κ2) is 9.01. The summed E-state index contributed by atoms with van der Waals surface area (Å²) in [4.78, 5) is 50.9. The second-order valence-corrected chi connectivity index (χ2v) is 10.9. The zero-order valence-corrected chi connectivity index (χ0v) is 19.6. The highest BCUT2D eigenvalue weighted by atomic mass is 32.2. The Morgan fingerprint density at radius 1 is 1.12 bits per heavy atom. The molecule has 3 atom stereocenters. The molecule has 2 saturated heterocycles. The number of para-hydroxylation sites is 1. The summed E-state index contributed by atoms with van der Waals surface area (Å²) in [5.41, 5.74) is -0.719. The predicted octanol–water partition coefficient (Wildman–Crippen LogP) is 1.70. The van der Waals surface area contributed by atoms with E-state index in [0.717, 1.165) is 0 Å². The number of carbonyl (C=O) groups excluding carboxylic acids is 4. The zero-order chi connectivity index (χ0) is 23.7. The molecule has 2 aliphatic heterocycles. The van der Waals surface area contributed by atoms with Gasteiger partial charge >= 0.3 is 11.9 Å². The molecule has 32 heavy (non-hydrogen) atoms. The van der Waals surface area contributed by atoms with E-state index >= 15 is 0 Å². The van der Waals surface area contributed by atoms with Crippen LogP contribution in [0.4, 0.5) is 0 Å². The lowest BCUT2D eigenvalue weighted by Crippen LogP contribution is -2.71. The Balaban J connectivity index is 1.54. The topological polar surface area (TPSA) is 111 Å². The highest BCUT2D eigenvalue weighted by Crippen LogP contribution is 2.51. The Morgan fingerprint density at radius 2 is 1.78 bits per heavy atom. The zero-order valence-electron chi connectivity index (χ0n) is 18.7. The van der Waals surface area contributed by atoms with Gasteiger partial charge in [-0.25, -0.2) is 4.79 Å². The first-order valence-corrected chi connectivity index (χ1v) is 11.1. The van der Waals surface area contributed by atoms with Crippen LogP contribution in [0.2, 0.25) is 0 Å². The Morgan fingerprint density at radius 3 is 2.41 bits per heavy atom. The maximum atomic E-state index is 12.7. The molecular formula is C22H28N2O7S. The summed E-state index contributed by atoms with van der Waals surface area (Å²) < 4.78 is 14.9. The third-order valence-corrected chi connectivity index (χ3v) is 6.67. The Hall–Kier alpha value is -2.75. The van der Waals surface area contributed by atoms with Gasteiger partial charge in [-0.3, -0.25) is 14.4 Å². The quantitative estimate of drug-likeness (QED) is 0.369. The first-order chi connectivity index (χ1) is 14.9. The SMILES string of the molecule is CC(C)(C)C(=O)OCOC(=O)[C@@H]1N2C(=O)[C@@H](NC(=O)COc3ccccc3)[C@H]2SC1(C)C. The summed E-state index contributed by atoms with van der Waals surface area (Å²) in [6.45, 7) is 7.99. The Bertz CT molecular complexity index is 897. The van der Waals surface area contributed by atoms with Crippen molar-refractivity contribution >= 4 is 35.5 Å². The van der Waals surface area contributed by atoms with E-state index in [-0.39, 0.29) is 12.5 Å². The molecular weight excluding hydrogens is 436 g/mol. The largest absolute Gasteiger partial charge is 0.484 e. The fraction of sp³-hybridized carbons (Fsp3) is 0.545. The van der Waals surface area contributed by atoms with Crippen LogP contribution < -0.4 is 10.1 Å². The first kappa shape index (κ1) is 23.9. The van der Waals surface area contributed by atoms with E-state index in [1.807, 2.05) is 19.9 Å². The maximum absolute atomic E-state index is 12.7. The first-order valence-electron chi connectivity index (χ1n) is 10.2. The highest BCUT2D eigenvalue weighted by Gasteiger charge is 2.64. The van der Waals surface area contributed by atoms with Gasteiger partial charge in [0.05, 0.1) is 5.41 Å². The van der Waals surface area contributed by atoms with Crippen molar-refractivity contribution in [1.82, 2.24) is 10.2 Å². The molecule has 2 amide bonds. The molecule has 2 aliphatic rings. The van der Waals surface area contributed by atoms with Crippen molar-refractivity contribution in [2.24, 2.45) is 5.41 Å². The van der Waals surface area contributed by atoms with Crippen molar-refractivity contribution in [3.63, 3.8) is 0 Å². The van der Waals surface area contributed by atoms with Gasteiger partial charge in [-0.05, 0) is 46.8 Å². The minimum atomic E-state index is -0.855. The summed E-state index contributed by atoms with van der Waals surface area (Å²) >= 11 is 1.41. The molecule has 174 valence electrons. The summed E-state index contributed by atoms with van der Waals surface area (Å²) in [7, 11) is 0. The fourth-order valence-corrected chi connectivity index (χ4v) is 5.06. The number of thioether (sulfide) groups is 1. The van der Waals surface area contributed by atoms with Gasteiger partial charge in [0.1, 0.15) is 23.2 Å². The third-order valence-electron chi connectivity index (χ3n) is 5.10. The predicted molar refractivity (Wildman–Crippen MR) is 116 cm³/mol. The third kappa shape index (κ3) is 5.01. The van der Waals surface area contributed by atoms with E-state index in [0.29, 0.717) is 5.75 Å². The molecule has 1 aromatic carbocycles. The number of nitrogens with one attached hydrogen (secondary N) is 1. The average molecular weight is 465 g/mol. The number of fused-ring (bicyclic) bond motifs is 1. The molecule has 0 bridgehead atoms. The molecule has 2 fully saturated rings. The molecule has 2 heterocycles. The lowest BCUT2D eigenvalue weighted by Gasteiger charge is -2.43. The molecule has 0 radical (unpaired) electrons. The Labute approximate surface area is 191 Å². The number of hydrogen-bond acceptors (Lipinski definition) is 8. The molecule has 0 aromatic heterocycles. The van der Waals surface area contributed by atoms with Crippen molar-refractivity contribution < 1.29 is 33.4 Å². The van der Waals surface area contributed by atoms with Crippen LogP contribution in [0.15, 0.2) is 30.3 Å². The van der Waals surface area contributed by atoms with Crippen LogP contribution in [-0.2, 0) is 28.7 Å². The number of ether oxygens (including phenoxy) is 3. The number of β-lactam (4-membered cyclic amide) rings is 1. The molecule has 0 aliphatic carbocycles. The van der Waals surface area contributed by atoms with E-state index < -0.39 is 52.3 Å². The fourth-order valence-electron chi connectivity index (χ4n) is 3.44. The molecule has 0 unspecified atom stereocenters. The summed E-state index contributed by atoms with van der Waals surface area (Å²) in [5.74, 6) is -1.39. The van der Waals surface area contributed by atoms with E-state index in [4.69, 9.17) is 14.2 Å². The standard InChI is InChI=1S/C22H28N2O7S/c1-21(2,3)20(28)31-12-30-19(27)16-22(4,5)32-18-15(17(26)24(16)18)23-14(25)11-29-13-9-7-6-8-10-13/h6-10,15-16,18H,11-12H2,1-5H3,(H,23,25)/t15-,16+,18-/m1/s1. The second-order valence-electron chi connectivity index (χ2n) is 9.17. The molecule has 1 N–H and O–H groups in total. The van der Waals surface area contributed by atoms with Gasteiger partial charge in [-0.1, -0.05) is 18.2 Å². The molecule has 10 heteroatoms. The lowest BCUT2D eigenvalue weighted by molar-refractivity contribution is -0.180. The van der Waals surface area contributed by atoms with Crippen LogP contribution in [0.1, 0.15) is 34.6 Å². The van der Waals surface area contributed by atoms with E-state index in [1.165, 1.54) is 16.7 Å². The number of carbonyl (C=O) groups is 4. The molecule has 9 nitrogen and oxygen atoms in total. The van der Waals surface area contributed by atoms with Gasteiger partial charge in [-0.15, -0.1) is 11.8 Å². The number of benzene rings is 1.